The molecule has 4 nitrogen and oxygen atoms in total. The molecule has 0 aliphatic heterocycles. The fourth-order valence-corrected chi connectivity index (χ4v) is 2.56. The van der Waals surface area contributed by atoms with Gasteiger partial charge in [-0.25, -0.2) is 0 Å². The van der Waals surface area contributed by atoms with Crippen molar-refractivity contribution in [3.63, 3.8) is 0 Å². The summed E-state index contributed by atoms with van der Waals surface area (Å²) < 4.78 is 0. The molecule has 0 aromatic rings. The molecule has 0 rings (SSSR count). The summed E-state index contributed by atoms with van der Waals surface area (Å²) in [6.45, 7) is 1.61. The van der Waals surface area contributed by atoms with Gasteiger partial charge in [0, 0.05) is 12.1 Å². The van der Waals surface area contributed by atoms with Crippen molar-refractivity contribution in [2.24, 2.45) is 22.9 Å². The van der Waals surface area contributed by atoms with Gasteiger partial charge in [-0.05, 0) is 51.6 Å². The van der Waals surface area contributed by atoms with Gasteiger partial charge < -0.3 is 22.9 Å². The van der Waals surface area contributed by atoms with Crippen molar-refractivity contribution in [2.45, 2.75) is 89.1 Å². The Hall–Kier alpha value is -0.160. The highest BCUT2D eigenvalue weighted by atomic mass is 14.6. The number of hydrogen-bond acceptors (Lipinski definition) is 4. The first-order chi connectivity index (χ1) is 9.70. The first-order valence-corrected chi connectivity index (χ1v) is 8.62. The quantitative estimate of drug-likeness (QED) is 0.346. The molecular formula is C16H38N4. The van der Waals surface area contributed by atoms with E-state index in [1.807, 2.05) is 0 Å². The third-order valence-corrected chi connectivity index (χ3v) is 3.96. The van der Waals surface area contributed by atoms with Crippen molar-refractivity contribution >= 4 is 0 Å². The summed E-state index contributed by atoms with van der Waals surface area (Å²) in [6.07, 6.45) is 14.1. The predicted molar refractivity (Wildman–Crippen MR) is 89.5 cm³/mol. The van der Waals surface area contributed by atoms with Crippen LogP contribution in [0, 0.1) is 0 Å². The van der Waals surface area contributed by atoms with Gasteiger partial charge in [-0.15, -0.1) is 0 Å². The molecular weight excluding hydrogens is 248 g/mol. The topological polar surface area (TPSA) is 104 Å². The second-order valence-electron chi connectivity index (χ2n) is 6.08. The highest BCUT2D eigenvalue weighted by Gasteiger charge is 2.05. The van der Waals surface area contributed by atoms with E-state index in [1.165, 1.54) is 38.5 Å². The molecule has 0 aromatic carbocycles. The molecule has 0 heterocycles. The van der Waals surface area contributed by atoms with Gasteiger partial charge in [-0.2, -0.15) is 0 Å². The maximum atomic E-state index is 6.11. The molecule has 0 fully saturated rings. The first-order valence-electron chi connectivity index (χ1n) is 8.62. The number of unbranched alkanes of at least 4 members (excludes halogenated alkanes) is 5. The predicted octanol–water partition coefficient (Wildman–Crippen LogP) is 2.24. The highest BCUT2D eigenvalue weighted by molar-refractivity contribution is 4.65. The van der Waals surface area contributed by atoms with Gasteiger partial charge in [-0.1, -0.05) is 38.5 Å². The van der Waals surface area contributed by atoms with Crippen molar-refractivity contribution < 1.29 is 0 Å². The Morgan fingerprint density at radius 3 is 1.05 bits per heavy atom. The van der Waals surface area contributed by atoms with E-state index in [4.69, 9.17) is 22.9 Å². The molecule has 4 heteroatoms. The second kappa shape index (κ2) is 15.2. The molecule has 0 aliphatic rings. The average Bonchev–Trinajstić information content (AvgIpc) is 2.44. The molecule has 122 valence electrons. The lowest BCUT2D eigenvalue weighted by atomic mass is 9.99. The molecule has 0 radical (unpaired) electrons. The Balaban J connectivity index is 3.28. The van der Waals surface area contributed by atoms with E-state index in [2.05, 4.69) is 0 Å². The van der Waals surface area contributed by atoms with Crippen LogP contribution in [0.2, 0.25) is 0 Å². The maximum Gasteiger partial charge on any atom is 0.00388 e. The van der Waals surface area contributed by atoms with E-state index in [-0.39, 0.29) is 0 Å². The van der Waals surface area contributed by atoms with Crippen molar-refractivity contribution in [1.29, 1.82) is 0 Å². The molecule has 0 saturated heterocycles. The van der Waals surface area contributed by atoms with E-state index in [0.717, 1.165) is 51.6 Å². The van der Waals surface area contributed by atoms with Gasteiger partial charge in [0.1, 0.15) is 0 Å². The van der Waals surface area contributed by atoms with Crippen LogP contribution < -0.4 is 22.9 Å². The summed E-state index contributed by atoms with van der Waals surface area (Å²) in [5, 5.41) is 0. The lowest BCUT2D eigenvalue weighted by Crippen LogP contribution is -2.21. The Labute approximate surface area is 126 Å². The highest BCUT2D eigenvalue weighted by Crippen LogP contribution is 2.12. The van der Waals surface area contributed by atoms with Crippen LogP contribution >= 0.6 is 0 Å². The minimum absolute atomic E-state index is 0.369. The Morgan fingerprint density at radius 2 is 0.750 bits per heavy atom. The summed E-state index contributed by atoms with van der Waals surface area (Å²) in [6, 6.07) is 0.738. The molecule has 0 bridgehead atoms. The minimum atomic E-state index is 0.369. The van der Waals surface area contributed by atoms with Crippen molar-refractivity contribution in [1.82, 2.24) is 0 Å². The summed E-state index contributed by atoms with van der Waals surface area (Å²) in [7, 11) is 0. The zero-order valence-corrected chi connectivity index (χ0v) is 13.4. The fourth-order valence-electron chi connectivity index (χ4n) is 2.56. The second-order valence-corrected chi connectivity index (χ2v) is 6.08. The lowest BCUT2D eigenvalue weighted by molar-refractivity contribution is 0.464. The summed E-state index contributed by atoms with van der Waals surface area (Å²) >= 11 is 0. The van der Waals surface area contributed by atoms with Crippen molar-refractivity contribution in [3.05, 3.63) is 0 Å². The monoisotopic (exact) mass is 286 g/mol. The molecule has 0 aliphatic carbocycles. The maximum absolute atomic E-state index is 6.11. The Bertz CT molecular complexity index is 167. The fraction of sp³-hybridized carbons (Fsp3) is 1.00. The third-order valence-electron chi connectivity index (χ3n) is 3.96. The minimum Gasteiger partial charge on any atom is -0.330 e. The van der Waals surface area contributed by atoms with Crippen molar-refractivity contribution in [3.8, 4) is 0 Å². The largest absolute Gasteiger partial charge is 0.330 e. The van der Waals surface area contributed by atoms with Crippen LogP contribution in [0.15, 0.2) is 0 Å². The Kier molecular flexibility index (Phi) is 15.1. The van der Waals surface area contributed by atoms with Gasteiger partial charge in [-0.3, -0.25) is 0 Å². The standard InChI is InChI=1S/C16H38N4/c17-13-7-1-3-9-15(19)11-5-6-12-16(20)10-4-2-8-14-18/h15-16H,1-14,17-20H2. The summed E-state index contributed by atoms with van der Waals surface area (Å²) in [4.78, 5) is 0. The van der Waals surface area contributed by atoms with Crippen LogP contribution in [0.5, 0.6) is 0 Å². The Morgan fingerprint density at radius 1 is 0.450 bits per heavy atom. The van der Waals surface area contributed by atoms with Gasteiger partial charge in [0.2, 0.25) is 0 Å². The summed E-state index contributed by atoms with van der Waals surface area (Å²) in [5.74, 6) is 0. The number of nitrogens with two attached hydrogens (primary N) is 4. The molecule has 20 heavy (non-hydrogen) atoms. The molecule has 2 unspecified atom stereocenters. The van der Waals surface area contributed by atoms with Crippen LogP contribution in [0.3, 0.4) is 0 Å². The number of rotatable bonds is 15. The lowest BCUT2D eigenvalue weighted by Gasteiger charge is -2.13. The van der Waals surface area contributed by atoms with Crippen LogP contribution in [0.25, 0.3) is 0 Å². The zero-order valence-electron chi connectivity index (χ0n) is 13.4. The molecule has 2 atom stereocenters. The number of hydrogen-bond donors (Lipinski definition) is 4. The molecule has 0 saturated carbocycles. The van der Waals surface area contributed by atoms with Gasteiger partial charge >= 0.3 is 0 Å². The molecule has 8 N–H and O–H groups in total. The zero-order chi connectivity index (χ0) is 15.1. The smallest absolute Gasteiger partial charge is 0.00388 e. The van der Waals surface area contributed by atoms with Crippen LogP contribution in [-0.2, 0) is 0 Å². The van der Waals surface area contributed by atoms with Crippen LogP contribution in [-0.4, -0.2) is 25.2 Å². The van der Waals surface area contributed by atoms with E-state index < -0.39 is 0 Å². The van der Waals surface area contributed by atoms with E-state index in [9.17, 15) is 0 Å². The first kappa shape index (κ1) is 19.8. The van der Waals surface area contributed by atoms with Gasteiger partial charge in [0.05, 0.1) is 0 Å². The molecule has 0 spiro atoms. The normalized spacial score (nSPS) is 14.4. The summed E-state index contributed by atoms with van der Waals surface area (Å²) in [5.41, 5.74) is 23.2. The molecule has 0 aromatic heterocycles. The van der Waals surface area contributed by atoms with Crippen molar-refractivity contribution in [2.75, 3.05) is 13.1 Å². The van der Waals surface area contributed by atoms with Gasteiger partial charge in [0.25, 0.3) is 0 Å². The average molecular weight is 287 g/mol. The van der Waals surface area contributed by atoms with E-state index in [1.54, 1.807) is 0 Å². The van der Waals surface area contributed by atoms with E-state index >= 15 is 0 Å². The van der Waals surface area contributed by atoms with Crippen LogP contribution in [0.4, 0.5) is 0 Å². The third kappa shape index (κ3) is 14.3. The van der Waals surface area contributed by atoms with Gasteiger partial charge in [0.15, 0.2) is 0 Å². The molecule has 0 amide bonds. The van der Waals surface area contributed by atoms with E-state index in [0.29, 0.717) is 12.1 Å². The SMILES string of the molecule is NCCCCCC(N)CCCCC(N)CCCCCN. The van der Waals surface area contributed by atoms with Crippen LogP contribution in [0.1, 0.15) is 77.0 Å².